The summed E-state index contributed by atoms with van der Waals surface area (Å²) in [5, 5.41) is 6.46. The van der Waals surface area contributed by atoms with Crippen molar-refractivity contribution in [2.24, 2.45) is 0 Å². The van der Waals surface area contributed by atoms with Crippen LogP contribution >= 0.6 is 22.7 Å². The average Bonchev–Trinajstić information content (AvgIpc) is 3.34. The lowest BCUT2D eigenvalue weighted by molar-refractivity contribution is -0.133. The number of hydrogen-bond acceptors (Lipinski definition) is 6. The molecule has 0 spiro atoms. The Kier molecular flexibility index (Phi) is 6.30. The van der Waals surface area contributed by atoms with Crippen molar-refractivity contribution in [3.05, 3.63) is 39.9 Å². The van der Waals surface area contributed by atoms with Crippen LogP contribution in [0.25, 0.3) is 0 Å². The van der Waals surface area contributed by atoms with Crippen molar-refractivity contribution in [3.8, 4) is 0 Å². The molecule has 27 heavy (non-hydrogen) atoms. The number of nitrogens with zero attached hydrogens (tertiary/aromatic N) is 2. The Bertz CT molecular complexity index is 871. The van der Waals surface area contributed by atoms with Crippen LogP contribution in [-0.4, -0.2) is 55.6 Å². The van der Waals surface area contributed by atoms with Crippen LogP contribution in [0.5, 0.6) is 0 Å². The monoisotopic (exact) mass is 427 g/mol. The molecule has 3 heterocycles. The molecule has 1 fully saturated rings. The molecule has 0 aromatic carbocycles. The van der Waals surface area contributed by atoms with Crippen LogP contribution in [0.4, 0.5) is 0 Å². The van der Waals surface area contributed by atoms with Gasteiger partial charge >= 0.3 is 0 Å². The van der Waals surface area contributed by atoms with Gasteiger partial charge in [-0.15, -0.1) is 22.7 Å². The van der Waals surface area contributed by atoms with Gasteiger partial charge in [-0.25, -0.2) is 8.42 Å². The summed E-state index contributed by atoms with van der Waals surface area (Å²) in [5.41, 5.74) is 0. The highest BCUT2D eigenvalue weighted by atomic mass is 32.2. The quantitative estimate of drug-likeness (QED) is 0.763. The number of carbonyl (C=O) groups is 2. The molecule has 1 aliphatic heterocycles. The maximum Gasteiger partial charge on any atom is 0.252 e. The van der Waals surface area contributed by atoms with E-state index in [1.165, 1.54) is 33.9 Å². The number of sulfonamides is 1. The number of thiophene rings is 2. The van der Waals surface area contributed by atoms with Gasteiger partial charge in [-0.2, -0.15) is 4.31 Å². The number of piperazine rings is 1. The van der Waals surface area contributed by atoms with E-state index in [1.807, 2.05) is 17.5 Å². The third-order valence-corrected chi connectivity index (χ3v) is 8.58. The van der Waals surface area contributed by atoms with Crippen molar-refractivity contribution in [1.82, 2.24) is 14.5 Å². The van der Waals surface area contributed by atoms with E-state index in [0.717, 1.165) is 4.88 Å². The fraction of sp³-hybridized carbons (Fsp3) is 0.412. The Labute approximate surface area is 166 Å². The first-order valence-corrected chi connectivity index (χ1v) is 11.7. The Morgan fingerprint density at radius 3 is 2.33 bits per heavy atom. The Hall–Kier alpha value is -1.75. The molecule has 2 aromatic rings. The minimum atomic E-state index is -3.48. The van der Waals surface area contributed by atoms with Gasteiger partial charge in [0.05, 0.1) is 12.5 Å². The summed E-state index contributed by atoms with van der Waals surface area (Å²) < 4.78 is 26.9. The maximum absolute atomic E-state index is 12.7. The number of nitrogens with one attached hydrogen (secondary N) is 1. The summed E-state index contributed by atoms with van der Waals surface area (Å²) >= 11 is 2.69. The zero-order valence-electron chi connectivity index (χ0n) is 14.8. The van der Waals surface area contributed by atoms with E-state index in [9.17, 15) is 18.0 Å². The average molecular weight is 428 g/mol. The van der Waals surface area contributed by atoms with Gasteiger partial charge in [0.25, 0.3) is 10.0 Å². The third-order valence-electron chi connectivity index (χ3n) is 4.32. The van der Waals surface area contributed by atoms with E-state index in [0.29, 0.717) is 17.3 Å². The molecule has 1 aliphatic rings. The van der Waals surface area contributed by atoms with Crippen molar-refractivity contribution in [1.29, 1.82) is 0 Å². The highest BCUT2D eigenvalue weighted by molar-refractivity contribution is 7.91. The molecule has 0 bridgehead atoms. The van der Waals surface area contributed by atoms with Gasteiger partial charge in [-0.1, -0.05) is 12.1 Å². The van der Waals surface area contributed by atoms with Gasteiger partial charge in [0.1, 0.15) is 4.21 Å². The van der Waals surface area contributed by atoms with E-state index in [4.69, 9.17) is 0 Å². The Balaban J connectivity index is 1.60. The molecule has 7 nitrogen and oxygen atoms in total. The maximum atomic E-state index is 12.7. The zero-order valence-corrected chi connectivity index (χ0v) is 17.3. The topological polar surface area (TPSA) is 86.8 Å². The Morgan fingerprint density at radius 2 is 1.78 bits per heavy atom. The predicted molar refractivity (Wildman–Crippen MR) is 105 cm³/mol. The minimum absolute atomic E-state index is 0.0877. The summed E-state index contributed by atoms with van der Waals surface area (Å²) in [6.45, 7) is 2.67. The summed E-state index contributed by atoms with van der Waals surface area (Å²) in [4.78, 5) is 26.8. The molecule has 0 saturated carbocycles. The third kappa shape index (κ3) is 4.75. The predicted octanol–water partition coefficient (Wildman–Crippen LogP) is 1.91. The molecule has 0 unspecified atom stereocenters. The van der Waals surface area contributed by atoms with Gasteiger partial charge in [0.2, 0.25) is 11.8 Å². The molecule has 2 aromatic heterocycles. The molecule has 1 saturated heterocycles. The largest absolute Gasteiger partial charge is 0.348 e. The first-order chi connectivity index (χ1) is 12.9. The zero-order chi connectivity index (χ0) is 19.4. The molecular weight excluding hydrogens is 406 g/mol. The SMILES string of the molecule is CC(=O)N[C@@H](CC(=O)N1CCN(S(=O)(=O)c2cccs2)CC1)c1cccs1. The molecule has 0 radical (unpaired) electrons. The fourth-order valence-corrected chi connectivity index (χ4v) is 6.32. The highest BCUT2D eigenvalue weighted by Crippen LogP contribution is 2.25. The van der Waals surface area contributed by atoms with Crippen molar-refractivity contribution in [2.45, 2.75) is 23.6 Å². The van der Waals surface area contributed by atoms with Crippen LogP contribution in [0.15, 0.2) is 39.2 Å². The first kappa shape index (κ1) is 20.0. The van der Waals surface area contributed by atoms with Gasteiger partial charge in [0.15, 0.2) is 0 Å². The van der Waals surface area contributed by atoms with Crippen LogP contribution in [-0.2, 0) is 19.6 Å². The van der Waals surface area contributed by atoms with Crippen LogP contribution in [0, 0.1) is 0 Å². The van der Waals surface area contributed by atoms with E-state index in [2.05, 4.69) is 5.32 Å². The summed E-state index contributed by atoms with van der Waals surface area (Å²) in [7, 11) is -3.48. The molecule has 1 N–H and O–H groups in total. The fourth-order valence-electron chi connectivity index (χ4n) is 2.98. The first-order valence-electron chi connectivity index (χ1n) is 8.50. The summed E-state index contributed by atoms with van der Waals surface area (Å²) in [5.74, 6) is -0.275. The number of amides is 2. The van der Waals surface area contributed by atoms with Gasteiger partial charge in [-0.05, 0) is 22.9 Å². The van der Waals surface area contributed by atoms with Gasteiger partial charge in [0, 0.05) is 38.0 Å². The van der Waals surface area contributed by atoms with Gasteiger partial charge < -0.3 is 10.2 Å². The summed E-state index contributed by atoms with van der Waals surface area (Å²) in [6, 6.07) is 6.72. The van der Waals surface area contributed by atoms with E-state index in [1.54, 1.807) is 22.4 Å². The second-order valence-corrected chi connectivity index (χ2v) is 10.3. The number of rotatable bonds is 6. The molecule has 10 heteroatoms. The van der Waals surface area contributed by atoms with Crippen LogP contribution in [0.3, 0.4) is 0 Å². The van der Waals surface area contributed by atoms with Crippen LogP contribution in [0.1, 0.15) is 24.3 Å². The lowest BCUT2D eigenvalue weighted by atomic mass is 10.1. The highest BCUT2D eigenvalue weighted by Gasteiger charge is 2.31. The standard InChI is InChI=1S/C17H21N3O4S3/c1-13(21)18-14(15-4-2-10-25-15)12-16(22)19-6-8-20(9-7-19)27(23,24)17-5-3-11-26-17/h2-5,10-11,14H,6-9,12H2,1H3,(H,18,21)/t14-/m0/s1. The molecular formula is C17H21N3O4S3. The second kappa shape index (κ2) is 8.51. The molecule has 0 aliphatic carbocycles. The van der Waals surface area contributed by atoms with Crippen LogP contribution < -0.4 is 5.32 Å². The van der Waals surface area contributed by atoms with Crippen molar-refractivity contribution in [2.75, 3.05) is 26.2 Å². The number of hydrogen-bond donors (Lipinski definition) is 1. The molecule has 2 amide bonds. The lowest BCUT2D eigenvalue weighted by Crippen LogP contribution is -2.50. The van der Waals surface area contributed by atoms with E-state index < -0.39 is 10.0 Å². The minimum Gasteiger partial charge on any atom is -0.348 e. The normalized spacial score (nSPS) is 16.9. The van der Waals surface area contributed by atoms with Crippen molar-refractivity contribution >= 4 is 44.5 Å². The molecule has 146 valence electrons. The smallest absolute Gasteiger partial charge is 0.252 e. The molecule has 3 rings (SSSR count). The van der Waals surface area contributed by atoms with Crippen molar-refractivity contribution in [3.63, 3.8) is 0 Å². The van der Waals surface area contributed by atoms with Gasteiger partial charge in [-0.3, -0.25) is 9.59 Å². The Morgan fingerprint density at radius 1 is 1.11 bits per heavy atom. The number of carbonyl (C=O) groups excluding carboxylic acids is 2. The van der Waals surface area contributed by atoms with Crippen LogP contribution in [0.2, 0.25) is 0 Å². The van der Waals surface area contributed by atoms with Crippen molar-refractivity contribution < 1.29 is 18.0 Å². The second-order valence-electron chi connectivity index (χ2n) is 6.19. The van der Waals surface area contributed by atoms with E-state index in [-0.39, 0.29) is 37.4 Å². The summed E-state index contributed by atoms with van der Waals surface area (Å²) in [6.07, 6.45) is 0.164. The molecule has 1 atom stereocenters. The van der Waals surface area contributed by atoms with E-state index >= 15 is 0 Å². The lowest BCUT2D eigenvalue weighted by Gasteiger charge is -2.34.